The Balaban J connectivity index is 1.50. The Morgan fingerprint density at radius 2 is 1.96 bits per heavy atom. The van der Waals surface area contributed by atoms with E-state index < -0.39 is 18.5 Å². The van der Waals surface area contributed by atoms with Crippen LogP contribution in [0.3, 0.4) is 0 Å². The van der Waals surface area contributed by atoms with E-state index in [1.54, 1.807) is 4.90 Å². The summed E-state index contributed by atoms with van der Waals surface area (Å²) >= 11 is 6.02. The van der Waals surface area contributed by atoms with Gasteiger partial charge in [-0.3, -0.25) is 9.59 Å². The van der Waals surface area contributed by atoms with Crippen molar-refractivity contribution in [2.75, 3.05) is 53.3 Å². The third kappa shape index (κ3) is 4.61. The number of amides is 2. The summed E-state index contributed by atoms with van der Waals surface area (Å²) in [6.07, 6.45) is 0. The number of hydrogen-bond donors (Lipinski definition) is 0. The van der Waals surface area contributed by atoms with Gasteiger partial charge in [-0.2, -0.15) is 0 Å². The zero-order chi connectivity index (χ0) is 19.4. The summed E-state index contributed by atoms with van der Waals surface area (Å²) in [6, 6.07) is 2.82. The number of esters is 1. The molecule has 2 heterocycles. The third-order valence-corrected chi connectivity index (χ3v) is 4.43. The molecular weight excluding hydrogens is 380 g/mol. The molecule has 2 aliphatic rings. The zero-order valence-electron chi connectivity index (χ0n) is 14.7. The first-order valence-corrected chi connectivity index (χ1v) is 8.69. The molecule has 146 valence electrons. The van der Waals surface area contributed by atoms with E-state index in [1.165, 1.54) is 24.1 Å². The fourth-order valence-electron chi connectivity index (χ4n) is 2.61. The zero-order valence-corrected chi connectivity index (χ0v) is 15.5. The van der Waals surface area contributed by atoms with Gasteiger partial charge in [0.2, 0.25) is 12.7 Å². The van der Waals surface area contributed by atoms with Gasteiger partial charge in [-0.05, 0) is 12.1 Å². The van der Waals surface area contributed by atoms with Crippen LogP contribution in [0.15, 0.2) is 12.1 Å². The minimum atomic E-state index is -0.726. The van der Waals surface area contributed by atoms with Crippen LogP contribution in [-0.2, 0) is 19.1 Å². The lowest BCUT2D eigenvalue weighted by Gasteiger charge is -2.28. The van der Waals surface area contributed by atoms with E-state index in [4.69, 9.17) is 30.5 Å². The number of rotatable bonds is 5. The fourth-order valence-corrected chi connectivity index (χ4v) is 2.88. The van der Waals surface area contributed by atoms with Crippen LogP contribution in [0.1, 0.15) is 10.4 Å². The van der Waals surface area contributed by atoms with E-state index >= 15 is 0 Å². The third-order valence-electron chi connectivity index (χ3n) is 4.15. The minimum absolute atomic E-state index is 0.0218. The van der Waals surface area contributed by atoms with Crippen LogP contribution in [-0.4, -0.2) is 80.9 Å². The van der Waals surface area contributed by atoms with E-state index in [9.17, 15) is 14.4 Å². The molecule has 0 spiro atoms. The summed E-state index contributed by atoms with van der Waals surface area (Å²) in [5.74, 6) is -0.684. The van der Waals surface area contributed by atoms with Crippen LogP contribution in [0, 0.1) is 0 Å². The van der Waals surface area contributed by atoms with Gasteiger partial charge in [-0.1, -0.05) is 11.6 Å². The van der Waals surface area contributed by atoms with Crippen molar-refractivity contribution in [2.45, 2.75) is 0 Å². The molecular formula is C17H19ClN2O7. The molecule has 0 saturated carbocycles. The van der Waals surface area contributed by atoms with Gasteiger partial charge in [0, 0.05) is 20.1 Å². The Hall–Kier alpha value is -2.52. The molecule has 1 aromatic carbocycles. The van der Waals surface area contributed by atoms with Gasteiger partial charge in [0.15, 0.2) is 18.1 Å². The van der Waals surface area contributed by atoms with Crippen LogP contribution < -0.4 is 9.47 Å². The molecule has 9 nitrogen and oxygen atoms in total. The number of nitrogens with zero attached hydrogens (tertiary/aromatic N) is 2. The average Bonchev–Trinajstić information content (AvgIpc) is 3.15. The summed E-state index contributed by atoms with van der Waals surface area (Å²) in [7, 11) is 1.48. The van der Waals surface area contributed by atoms with E-state index in [1.807, 2.05) is 0 Å². The van der Waals surface area contributed by atoms with Crippen molar-refractivity contribution in [2.24, 2.45) is 0 Å². The van der Waals surface area contributed by atoms with Crippen molar-refractivity contribution in [1.82, 2.24) is 9.80 Å². The second kappa shape index (κ2) is 8.45. The first kappa shape index (κ1) is 19.2. The van der Waals surface area contributed by atoms with Crippen LogP contribution in [0.25, 0.3) is 0 Å². The molecule has 0 N–H and O–H groups in total. The van der Waals surface area contributed by atoms with Crippen LogP contribution in [0.4, 0.5) is 0 Å². The number of likely N-dealkylation sites (N-methyl/N-ethyl adjacent to an activating group) is 1. The highest BCUT2D eigenvalue weighted by atomic mass is 35.5. The van der Waals surface area contributed by atoms with Crippen molar-refractivity contribution >= 4 is 29.4 Å². The fraction of sp³-hybridized carbons (Fsp3) is 0.471. The molecule has 1 saturated heterocycles. The molecule has 2 amide bonds. The molecule has 0 atom stereocenters. The molecule has 27 heavy (non-hydrogen) atoms. The van der Waals surface area contributed by atoms with Crippen molar-refractivity contribution in [3.05, 3.63) is 22.7 Å². The lowest BCUT2D eigenvalue weighted by Crippen LogP contribution is -2.46. The summed E-state index contributed by atoms with van der Waals surface area (Å²) in [5, 5.41) is 0.219. The Bertz CT molecular complexity index is 749. The maximum Gasteiger partial charge on any atom is 0.338 e. The number of benzene rings is 1. The molecule has 1 fully saturated rings. The van der Waals surface area contributed by atoms with Crippen LogP contribution in [0.5, 0.6) is 11.5 Å². The number of halogens is 1. The molecule has 1 aromatic rings. The minimum Gasteiger partial charge on any atom is -0.454 e. The average molecular weight is 399 g/mol. The highest BCUT2D eigenvalue weighted by Gasteiger charge is 2.23. The van der Waals surface area contributed by atoms with E-state index in [0.29, 0.717) is 37.8 Å². The van der Waals surface area contributed by atoms with Gasteiger partial charge < -0.3 is 28.7 Å². The molecule has 0 radical (unpaired) electrons. The monoisotopic (exact) mass is 398 g/mol. The highest BCUT2D eigenvalue weighted by molar-refractivity contribution is 6.32. The van der Waals surface area contributed by atoms with E-state index in [0.717, 1.165) is 0 Å². The number of fused-ring (bicyclic) bond motifs is 1. The van der Waals surface area contributed by atoms with Gasteiger partial charge >= 0.3 is 5.97 Å². The van der Waals surface area contributed by atoms with Crippen molar-refractivity contribution < 1.29 is 33.3 Å². The summed E-state index contributed by atoms with van der Waals surface area (Å²) in [4.78, 5) is 39.3. The lowest BCUT2D eigenvalue weighted by atomic mass is 10.2. The standard InChI is InChI=1S/C17H19ClN2O7/c1-19(8-14(21)20-2-4-24-5-3-20)15(22)9-25-17(23)11-6-12(18)16-13(7-11)26-10-27-16/h6-7H,2-5,8-10H2,1H3. The van der Waals surface area contributed by atoms with Gasteiger partial charge in [0.05, 0.1) is 30.3 Å². The number of ether oxygens (including phenoxy) is 4. The Labute approximate surface area is 160 Å². The largest absolute Gasteiger partial charge is 0.454 e. The van der Waals surface area contributed by atoms with Crippen molar-refractivity contribution in [1.29, 1.82) is 0 Å². The summed E-state index contributed by atoms with van der Waals surface area (Å²) in [5.41, 5.74) is 0.143. The molecule has 3 rings (SSSR count). The predicted octanol–water partition coefficient (Wildman–Crippen LogP) is 0.543. The maximum atomic E-state index is 12.2. The first-order valence-electron chi connectivity index (χ1n) is 8.31. The SMILES string of the molecule is CN(CC(=O)N1CCOCC1)C(=O)COC(=O)c1cc(Cl)c2c(c1)OCO2. The smallest absolute Gasteiger partial charge is 0.338 e. The molecule has 2 aliphatic heterocycles. The summed E-state index contributed by atoms with van der Waals surface area (Å²) in [6.45, 7) is 1.41. The van der Waals surface area contributed by atoms with Gasteiger partial charge in [0.25, 0.3) is 5.91 Å². The Kier molecular flexibility index (Phi) is 6.02. The molecule has 0 unspecified atom stereocenters. The number of morpholine rings is 1. The van der Waals surface area contributed by atoms with Crippen molar-refractivity contribution in [3.63, 3.8) is 0 Å². The first-order chi connectivity index (χ1) is 13.0. The van der Waals surface area contributed by atoms with E-state index in [-0.39, 0.29) is 29.8 Å². The van der Waals surface area contributed by atoms with Crippen molar-refractivity contribution in [3.8, 4) is 11.5 Å². The topological polar surface area (TPSA) is 94.6 Å². The second-order valence-electron chi connectivity index (χ2n) is 6.01. The quantitative estimate of drug-likeness (QED) is 0.668. The molecule has 0 aromatic heterocycles. The number of hydrogen-bond acceptors (Lipinski definition) is 7. The molecule has 10 heteroatoms. The second-order valence-corrected chi connectivity index (χ2v) is 6.42. The van der Waals surface area contributed by atoms with Crippen LogP contribution in [0.2, 0.25) is 5.02 Å². The maximum absolute atomic E-state index is 12.2. The lowest BCUT2D eigenvalue weighted by molar-refractivity contribution is -0.143. The number of carbonyl (C=O) groups excluding carboxylic acids is 3. The summed E-state index contributed by atoms with van der Waals surface area (Å²) < 4.78 is 20.6. The van der Waals surface area contributed by atoms with Gasteiger partial charge in [-0.25, -0.2) is 4.79 Å². The van der Waals surface area contributed by atoms with Gasteiger partial charge in [0.1, 0.15) is 0 Å². The van der Waals surface area contributed by atoms with E-state index in [2.05, 4.69) is 0 Å². The highest BCUT2D eigenvalue weighted by Crippen LogP contribution is 2.39. The normalized spacial score (nSPS) is 15.4. The van der Waals surface area contributed by atoms with Gasteiger partial charge in [-0.15, -0.1) is 0 Å². The Morgan fingerprint density at radius 3 is 2.70 bits per heavy atom. The molecule has 0 bridgehead atoms. The predicted molar refractivity (Wildman–Crippen MR) is 92.9 cm³/mol. The Morgan fingerprint density at radius 1 is 1.22 bits per heavy atom. The molecule has 0 aliphatic carbocycles. The number of carbonyl (C=O) groups is 3. The van der Waals surface area contributed by atoms with Crippen LogP contribution >= 0.6 is 11.6 Å².